The summed E-state index contributed by atoms with van der Waals surface area (Å²) in [5, 5.41) is 7.17. The number of nitrogens with zero attached hydrogens (tertiary/aromatic N) is 4. The summed E-state index contributed by atoms with van der Waals surface area (Å²) in [4.78, 5) is 11.2. The Balaban J connectivity index is 1.60. The molecule has 6 nitrogen and oxygen atoms in total. The minimum Gasteiger partial charge on any atom is -0.368 e. The molecule has 2 aromatic rings. The van der Waals surface area contributed by atoms with Gasteiger partial charge in [0.1, 0.15) is 11.1 Å². The molecule has 0 aliphatic carbocycles. The molecule has 2 aromatic heterocycles. The molecule has 1 saturated heterocycles. The van der Waals surface area contributed by atoms with Gasteiger partial charge in [0.05, 0.1) is 13.2 Å². The van der Waals surface area contributed by atoms with Crippen LogP contribution in [0.2, 0.25) is 0 Å². The average molecular weight is 308 g/mol. The molecule has 1 atom stereocenters. The first-order valence-electron chi connectivity index (χ1n) is 7.32. The molecule has 0 unspecified atom stereocenters. The largest absolute Gasteiger partial charge is 0.368 e. The molecular weight excluding hydrogens is 288 g/mol. The second kappa shape index (κ2) is 6.64. The summed E-state index contributed by atoms with van der Waals surface area (Å²) in [7, 11) is 0. The molecule has 1 fully saturated rings. The van der Waals surface area contributed by atoms with Crippen LogP contribution in [0, 0.1) is 6.92 Å². The second-order valence-corrected chi connectivity index (χ2v) is 6.17. The van der Waals surface area contributed by atoms with Crippen molar-refractivity contribution >= 4 is 11.3 Å². The van der Waals surface area contributed by atoms with Gasteiger partial charge in [-0.2, -0.15) is 4.98 Å². The van der Waals surface area contributed by atoms with E-state index in [1.165, 1.54) is 0 Å². The number of hydrogen-bond donors (Lipinski definition) is 0. The molecule has 0 amide bonds. The van der Waals surface area contributed by atoms with E-state index in [4.69, 9.17) is 9.26 Å². The Morgan fingerprint density at radius 2 is 2.33 bits per heavy atom. The quantitative estimate of drug-likeness (QED) is 0.845. The topological polar surface area (TPSA) is 64.3 Å². The maximum atomic E-state index is 5.83. The lowest BCUT2D eigenvalue weighted by atomic mass is 10.2. The highest BCUT2D eigenvalue weighted by Crippen LogP contribution is 2.25. The lowest BCUT2D eigenvalue weighted by Gasteiger charge is -2.30. The van der Waals surface area contributed by atoms with Crippen molar-refractivity contribution in [2.45, 2.75) is 39.3 Å². The third kappa shape index (κ3) is 3.66. The Morgan fingerprint density at radius 1 is 1.43 bits per heavy atom. The van der Waals surface area contributed by atoms with Gasteiger partial charge in [-0.15, -0.1) is 11.3 Å². The Kier molecular flexibility index (Phi) is 4.62. The van der Waals surface area contributed by atoms with E-state index in [0.29, 0.717) is 13.2 Å². The zero-order valence-corrected chi connectivity index (χ0v) is 13.2. The second-order valence-electron chi connectivity index (χ2n) is 5.28. The zero-order chi connectivity index (χ0) is 14.7. The molecule has 0 saturated carbocycles. The van der Waals surface area contributed by atoms with E-state index in [9.17, 15) is 0 Å². The van der Waals surface area contributed by atoms with E-state index >= 15 is 0 Å². The van der Waals surface area contributed by atoms with Gasteiger partial charge < -0.3 is 9.26 Å². The van der Waals surface area contributed by atoms with Crippen LogP contribution < -0.4 is 0 Å². The minimum absolute atomic E-state index is 0.0551. The van der Waals surface area contributed by atoms with Gasteiger partial charge in [0.15, 0.2) is 5.82 Å². The molecule has 1 aliphatic rings. The third-order valence-corrected chi connectivity index (χ3v) is 4.46. The minimum atomic E-state index is 0.0551. The van der Waals surface area contributed by atoms with Crippen molar-refractivity contribution in [3.63, 3.8) is 0 Å². The fourth-order valence-electron chi connectivity index (χ4n) is 2.39. The van der Waals surface area contributed by atoms with Crippen molar-refractivity contribution in [1.29, 1.82) is 0 Å². The highest BCUT2D eigenvalue weighted by Gasteiger charge is 2.25. The van der Waals surface area contributed by atoms with Crippen LogP contribution in [0.3, 0.4) is 0 Å². The molecule has 7 heteroatoms. The van der Waals surface area contributed by atoms with E-state index in [2.05, 4.69) is 32.3 Å². The summed E-state index contributed by atoms with van der Waals surface area (Å²) >= 11 is 1.66. The number of thiazole rings is 1. The van der Waals surface area contributed by atoms with Gasteiger partial charge in [-0.3, -0.25) is 4.90 Å². The maximum Gasteiger partial charge on any atom is 0.226 e. The van der Waals surface area contributed by atoms with Gasteiger partial charge >= 0.3 is 0 Å². The standard InChI is InChI=1S/C14H20N4O2S/c1-3-4-13-16-12(17-20-13)8-18-5-6-19-11(7-18)14-15-10(2)9-21-14/h9,11H,3-8H2,1-2H3/t11-/m1/s1. The molecular formula is C14H20N4O2S. The molecule has 0 radical (unpaired) electrons. The van der Waals surface area contributed by atoms with Crippen LogP contribution in [0.4, 0.5) is 0 Å². The number of morpholine rings is 1. The maximum absolute atomic E-state index is 5.83. The van der Waals surface area contributed by atoms with Gasteiger partial charge in [0, 0.05) is 30.6 Å². The number of ether oxygens (including phenoxy) is 1. The molecule has 0 aromatic carbocycles. The van der Waals surface area contributed by atoms with Gasteiger partial charge in [-0.1, -0.05) is 12.1 Å². The van der Waals surface area contributed by atoms with E-state index < -0.39 is 0 Å². The molecule has 0 N–H and O–H groups in total. The van der Waals surface area contributed by atoms with Crippen molar-refractivity contribution in [1.82, 2.24) is 20.0 Å². The normalized spacial score (nSPS) is 20.0. The summed E-state index contributed by atoms with van der Waals surface area (Å²) in [6, 6.07) is 0. The molecule has 1 aliphatic heterocycles. The van der Waals surface area contributed by atoms with E-state index in [-0.39, 0.29) is 6.10 Å². The van der Waals surface area contributed by atoms with Crippen LogP contribution >= 0.6 is 11.3 Å². The highest BCUT2D eigenvalue weighted by atomic mass is 32.1. The van der Waals surface area contributed by atoms with Crippen molar-refractivity contribution in [3.8, 4) is 0 Å². The summed E-state index contributed by atoms with van der Waals surface area (Å²) in [6.07, 6.45) is 1.92. The Labute approximate surface area is 128 Å². The van der Waals surface area contributed by atoms with Gasteiger partial charge in [0.2, 0.25) is 5.89 Å². The van der Waals surface area contributed by atoms with Crippen molar-refractivity contribution < 1.29 is 9.26 Å². The van der Waals surface area contributed by atoms with Crippen LogP contribution in [0.5, 0.6) is 0 Å². The Bertz CT molecular complexity index is 583. The third-order valence-electron chi connectivity index (χ3n) is 3.40. The van der Waals surface area contributed by atoms with Crippen molar-refractivity contribution in [3.05, 3.63) is 27.8 Å². The van der Waals surface area contributed by atoms with Gasteiger partial charge in [0.25, 0.3) is 0 Å². The Hall–Kier alpha value is -1.31. The molecule has 0 bridgehead atoms. The van der Waals surface area contributed by atoms with Crippen LogP contribution in [0.1, 0.15) is 41.9 Å². The number of aromatic nitrogens is 3. The lowest BCUT2D eigenvalue weighted by molar-refractivity contribution is -0.0339. The van der Waals surface area contributed by atoms with Crippen LogP contribution in [-0.2, 0) is 17.7 Å². The molecule has 0 spiro atoms. The molecule has 3 heterocycles. The first-order chi connectivity index (χ1) is 10.2. The summed E-state index contributed by atoms with van der Waals surface area (Å²) in [5.74, 6) is 1.49. The van der Waals surface area contributed by atoms with E-state index in [1.54, 1.807) is 11.3 Å². The predicted octanol–water partition coefficient (Wildman–Crippen LogP) is 2.36. The van der Waals surface area contributed by atoms with Crippen LogP contribution in [-0.4, -0.2) is 39.7 Å². The van der Waals surface area contributed by atoms with Gasteiger partial charge in [-0.05, 0) is 13.3 Å². The zero-order valence-electron chi connectivity index (χ0n) is 12.4. The SMILES string of the molecule is CCCc1nc(CN2CCO[C@@H](c3nc(C)cs3)C2)no1. The fraction of sp³-hybridized carbons (Fsp3) is 0.643. The highest BCUT2D eigenvalue weighted by molar-refractivity contribution is 7.09. The van der Waals surface area contributed by atoms with Gasteiger partial charge in [-0.25, -0.2) is 4.98 Å². The number of hydrogen-bond acceptors (Lipinski definition) is 7. The fourth-order valence-corrected chi connectivity index (χ4v) is 3.22. The number of aryl methyl sites for hydroxylation is 2. The lowest BCUT2D eigenvalue weighted by Crippen LogP contribution is -2.38. The van der Waals surface area contributed by atoms with E-state index in [1.807, 2.05) is 6.92 Å². The van der Waals surface area contributed by atoms with Crippen molar-refractivity contribution in [2.24, 2.45) is 0 Å². The summed E-state index contributed by atoms with van der Waals surface area (Å²) in [5.41, 5.74) is 1.05. The summed E-state index contributed by atoms with van der Waals surface area (Å²) < 4.78 is 11.1. The first-order valence-corrected chi connectivity index (χ1v) is 8.20. The monoisotopic (exact) mass is 308 g/mol. The molecule has 114 valence electrons. The summed E-state index contributed by atoms with van der Waals surface area (Å²) in [6.45, 7) is 7.24. The molecule has 21 heavy (non-hydrogen) atoms. The Morgan fingerprint density at radius 3 is 3.10 bits per heavy atom. The number of rotatable bonds is 5. The van der Waals surface area contributed by atoms with Crippen molar-refractivity contribution in [2.75, 3.05) is 19.7 Å². The predicted molar refractivity (Wildman–Crippen MR) is 79.1 cm³/mol. The molecule has 3 rings (SSSR count). The smallest absolute Gasteiger partial charge is 0.226 e. The first kappa shape index (κ1) is 14.6. The average Bonchev–Trinajstić information content (AvgIpc) is 3.09. The van der Waals surface area contributed by atoms with Crippen LogP contribution in [0.25, 0.3) is 0 Å². The van der Waals surface area contributed by atoms with E-state index in [0.717, 1.165) is 48.3 Å². The van der Waals surface area contributed by atoms with Crippen LogP contribution in [0.15, 0.2) is 9.90 Å².